The van der Waals surface area contributed by atoms with Crippen molar-refractivity contribution in [2.24, 2.45) is 5.92 Å². The number of methoxy groups -OCH3 is 4. The molecule has 1 aromatic rings. The number of benzene rings is 1. The van der Waals surface area contributed by atoms with Gasteiger partial charge >= 0.3 is 5.97 Å². The molecule has 2 amide bonds. The first kappa shape index (κ1) is 21.3. The lowest BCUT2D eigenvalue weighted by molar-refractivity contribution is -0.148. The third-order valence-electron chi connectivity index (χ3n) is 4.48. The quantitative estimate of drug-likeness (QED) is 0.610. The van der Waals surface area contributed by atoms with Crippen molar-refractivity contribution in [3.63, 3.8) is 0 Å². The van der Waals surface area contributed by atoms with E-state index in [1.807, 2.05) is 0 Å². The predicted molar refractivity (Wildman–Crippen MR) is 98.0 cm³/mol. The third kappa shape index (κ3) is 4.45. The van der Waals surface area contributed by atoms with Gasteiger partial charge in [0.15, 0.2) is 17.6 Å². The van der Waals surface area contributed by atoms with Gasteiger partial charge in [0.2, 0.25) is 17.6 Å². The van der Waals surface area contributed by atoms with E-state index in [1.54, 1.807) is 12.1 Å². The molecular formula is C18H24N2O8. The standard InChI is InChI=1S/C18H24N2O8/c1-25-12-6-11(7-13(26-2)16(12)28-4)20-9-10(5-15(20)21)17(22)19-8-14(27-3)18(23)24/h6-7,10,14H,5,8-9H2,1-4H3,(H,19,22)(H,23,24). The minimum Gasteiger partial charge on any atom is -0.493 e. The van der Waals surface area contributed by atoms with Crippen LogP contribution in [-0.4, -0.2) is 70.5 Å². The Morgan fingerprint density at radius 2 is 1.79 bits per heavy atom. The minimum absolute atomic E-state index is 0.00716. The number of rotatable bonds is 9. The first-order valence-electron chi connectivity index (χ1n) is 8.49. The molecule has 10 nitrogen and oxygen atoms in total. The van der Waals surface area contributed by atoms with E-state index in [2.05, 4.69) is 5.32 Å². The second kappa shape index (κ2) is 9.27. The van der Waals surface area contributed by atoms with Crippen molar-refractivity contribution in [1.82, 2.24) is 5.32 Å². The van der Waals surface area contributed by atoms with Crippen molar-refractivity contribution in [2.75, 3.05) is 46.4 Å². The molecule has 1 aliphatic rings. The van der Waals surface area contributed by atoms with E-state index in [4.69, 9.17) is 24.1 Å². The maximum atomic E-state index is 12.5. The molecule has 28 heavy (non-hydrogen) atoms. The number of amides is 2. The maximum absolute atomic E-state index is 12.5. The summed E-state index contributed by atoms with van der Waals surface area (Å²) in [4.78, 5) is 37.2. The number of anilines is 1. The maximum Gasteiger partial charge on any atom is 0.334 e. The van der Waals surface area contributed by atoms with E-state index in [0.717, 1.165) is 0 Å². The second-order valence-electron chi connectivity index (χ2n) is 6.10. The fourth-order valence-electron chi connectivity index (χ4n) is 2.96. The van der Waals surface area contributed by atoms with Crippen LogP contribution in [0.25, 0.3) is 0 Å². The molecule has 1 heterocycles. The summed E-state index contributed by atoms with van der Waals surface area (Å²) in [6, 6.07) is 3.26. The number of nitrogens with one attached hydrogen (secondary N) is 1. The van der Waals surface area contributed by atoms with Crippen LogP contribution in [0.15, 0.2) is 12.1 Å². The fraction of sp³-hybridized carbons (Fsp3) is 0.500. The SMILES string of the molecule is COc1cc(N2CC(C(=O)NCC(OC)C(=O)O)CC2=O)cc(OC)c1OC. The highest BCUT2D eigenvalue weighted by Crippen LogP contribution is 2.42. The Labute approximate surface area is 162 Å². The third-order valence-corrected chi connectivity index (χ3v) is 4.48. The Hall–Kier alpha value is -3.01. The van der Waals surface area contributed by atoms with Crippen LogP contribution in [0, 0.1) is 5.92 Å². The van der Waals surface area contributed by atoms with Crippen molar-refractivity contribution in [3.05, 3.63) is 12.1 Å². The fourth-order valence-corrected chi connectivity index (χ4v) is 2.96. The molecule has 2 atom stereocenters. The number of nitrogens with zero attached hydrogens (tertiary/aromatic N) is 1. The van der Waals surface area contributed by atoms with Gasteiger partial charge in [0.25, 0.3) is 0 Å². The molecule has 10 heteroatoms. The first-order chi connectivity index (χ1) is 13.4. The lowest BCUT2D eigenvalue weighted by Crippen LogP contribution is -2.41. The van der Waals surface area contributed by atoms with Crippen LogP contribution in [0.4, 0.5) is 5.69 Å². The van der Waals surface area contributed by atoms with Gasteiger partial charge in [-0.05, 0) is 0 Å². The van der Waals surface area contributed by atoms with Crippen LogP contribution in [0.1, 0.15) is 6.42 Å². The molecule has 2 unspecified atom stereocenters. The molecule has 0 radical (unpaired) electrons. The van der Waals surface area contributed by atoms with Crippen molar-refractivity contribution < 1.29 is 38.4 Å². The molecule has 0 aromatic heterocycles. The van der Waals surface area contributed by atoms with Gasteiger partial charge in [0, 0.05) is 32.2 Å². The Balaban J connectivity index is 2.14. The van der Waals surface area contributed by atoms with Crippen LogP contribution in [0.5, 0.6) is 17.2 Å². The highest BCUT2D eigenvalue weighted by Gasteiger charge is 2.36. The molecule has 2 N–H and O–H groups in total. The molecule has 0 aliphatic carbocycles. The number of hydrogen-bond donors (Lipinski definition) is 2. The molecule has 1 aliphatic heterocycles. The number of carbonyl (C=O) groups is 3. The molecule has 1 saturated heterocycles. The topological polar surface area (TPSA) is 124 Å². The summed E-state index contributed by atoms with van der Waals surface area (Å²) in [5, 5.41) is 11.5. The van der Waals surface area contributed by atoms with Crippen LogP contribution in [0.3, 0.4) is 0 Å². The molecule has 0 spiro atoms. The van der Waals surface area contributed by atoms with E-state index >= 15 is 0 Å². The first-order valence-corrected chi connectivity index (χ1v) is 8.49. The summed E-state index contributed by atoms with van der Waals surface area (Å²) in [7, 11) is 5.66. The number of aliphatic carboxylic acids is 1. The smallest absolute Gasteiger partial charge is 0.334 e. The number of carboxylic acid groups (broad SMARTS) is 1. The van der Waals surface area contributed by atoms with Crippen molar-refractivity contribution in [2.45, 2.75) is 12.5 Å². The summed E-state index contributed by atoms with van der Waals surface area (Å²) < 4.78 is 20.6. The minimum atomic E-state index is -1.18. The zero-order valence-corrected chi connectivity index (χ0v) is 16.2. The molecule has 154 valence electrons. The number of ether oxygens (including phenoxy) is 4. The Kier molecular flexibility index (Phi) is 7.05. The molecule has 1 aromatic carbocycles. The second-order valence-corrected chi connectivity index (χ2v) is 6.10. The Morgan fingerprint density at radius 3 is 2.25 bits per heavy atom. The largest absolute Gasteiger partial charge is 0.493 e. The molecular weight excluding hydrogens is 372 g/mol. The predicted octanol–water partition coefficient (Wildman–Crippen LogP) is 0.281. The van der Waals surface area contributed by atoms with Crippen LogP contribution in [-0.2, 0) is 19.1 Å². The lowest BCUT2D eigenvalue weighted by atomic mass is 10.1. The summed E-state index contributed by atoms with van der Waals surface area (Å²) in [5.41, 5.74) is 0.509. The van der Waals surface area contributed by atoms with E-state index in [0.29, 0.717) is 22.9 Å². The van der Waals surface area contributed by atoms with Crippen LogP contribution < -0.4 is 24.4 Å². The molecule has 0 saturated carbocycles. The van der Waals surface area contributed by atoms with Gasteiger partial charge < -0.3 is 34.3 Å². The van der Waals surface area contributed by atoms with E-state index in [9.17, 15) is 14.4 Å². The molecule has 1 fully saturated rings. The summed E-state index contributed by atoms with van der Waals surface area (Å²) in [6.07, 6.45) is -1.14. The van der Waals surface area contributed by atoms with Gasteiger partial charge in [0.1, 0.15) is 0 Å². The van der Waals surface area contributed by atoms with Gasteiger partial charge in [-0.2, -0.15) is 0 Å². The highest BCUT2D eigenvalue weighted by molar-refractivity contribution is 6.00. The van der Waals surface area contributed by atoms with Crippen LogP contribution in [0.2, 0.25) is 0 Å². The average molecular weight is 396 g/mol. The Morgan fingerprint density at radius 1 is 1.18 bits per heavy atom. The van der Waals surface area contributed by atoms with E-state index in [1.165, 1.54) is 33.3 Å². The number of carboxylic acids is 1. The normalized spacial score (nSPS) is 17.2. The van der Waals surface area contributed by atoms with Gasteiger partial charge in [0.05, 0.1) is 39.5 Å². The zero-order valence-electron chi connectivity index (χ0n) is 16.2. The Bertz CT molecular complexity index is 726. The van der Waals surface area contributed by atoms with Gasteiger partial charge in [-0.3, -0.25) is 9.59 Å². The zero-order chi connectivity index (χ0) is 20.8. The summed E-state index contributed by atoms with van der Waals surface area (Å²) >= 11 is 0. The van der Waals surface area contributed by atoms with Gasteiger partial charge in [-0.25, -0.2) is 4.79 Å². The highest BCUT2D eigenvalue weighted by atomic mass is 16.5. The number of carbonyl (C=O) groups excluding carboxylic acids is 2. The summed E-state index contributed by atoms with van der Waals surface area (Å²) in [5.74, 6) is -1.26. The molecule has 2 rings (SSSR count). The number of hydrogen-bond acceptors (Lipinski definition) is 7. The molecule has 0 bridgehead atoms. The lowest BCUT2D eigenvalue weighted by Gasteiger charge is -2.20. The summed E-state index contributed by atoms with van der Waals surface area (Å²) in [6.45, 7) is -0.0342. The monoisotopic (exact) mass is 396 g/mol. The van der Waals surface area contributed by atoms with Crippen molar-refractivity contribution in [1.29, 1.82) is 0 Å². The van der Waals surface area contributed by atoms with E-state index in [-0.39, 0.29) is 25.4 Å². The van der Waals surface area contributed by atoms with Crippen LogP contribution >= 0.6 is 0 Å². The van der Waals surface area contributed by atoms with Crippen molar-refractivity contribution >= 4 is 23.5 Å². The van der Waals surface area contributed by atoms with Gasteiger partial charge in [-0.15, -0.1) is 0 Å². The van der Waals surface area contributed by atoms with E-state index < -0.39 is 23.9 Å². The van der Waals surface area contributed by atoms with Gasteiger partial charge in [-0.1, -0.05) is 0 Å². The van der Waals surface area contributed by atoms with Crippen molar-refractivity contribution in [3.8, 4) is 17.2 Å². The average Bonchev–Trinajstić information content (AvgIpc) is 3.08.